The van der Waals surface area contributed by atoms with Crippen molar-refractivity contribution in [3.63, 3.8) is 0 Å². The van der Waals surface area contributed by atoms with Gasteiger partial charge in [-0.15, -0.1) is 0 Å². The van der Waals surface area contributed by atoms with Gasteiger partial charge in [-0.1, -0.05) is 84.8 Å². The SMILES string of the molecule is Cc1ccc2ccc3c(c2c1)C(C)(C)C(C=CC=C1N(CCCc2ccccc2)c2ccccc2C1(C)CCCCS(=O)(=O)O)=[N+]3CCCCCC(=O)O. The van der Waals surface area contributed by atoms with Gasteiger partial charge in [-0.3, -0.25) is 9.35 Å². The number of rotatable bonds is 17. The quantitative estimate of drug-likeness (QED) is 0.0634. The number of carboxylic acid groups (broad SMARTS) is 1. The predicted octanol–water partition coefficient (Wildman–Crippen LogP) is 10.1. The van der Waals surface area contributed by atoms with E-state index < -0.39 is 16.1 Å². The lowest BCUT2D eigenvalue weighted by Gasteiger charge is -2.30. The molecule has 0 aliphatic carbocycles. The Morgan fingerprint density at radius 3 is 2.37 bits per heavy atom. The highest BCUT2D eigenvalue weighted by molar-refractivity contribution is 7.85. The van der Waals surface area contributed by atoms with Gasteiger partial charge >= 0.3 is 5.97 Å². The van der Waals surface area contributed by atoms with Gasteiger partial charge in [-0.25, -0.2) is 0 Å². The second-order valence-electron chi connectivity index (χ2n) is 15.8. The molecule has 2 heterocycles. The summed E-state index contributed by atoms with van der Waals surface area (Å²) >= 11 is 0. The smallest absolute Gasteiger partial charge is 0.303 e. The Kier molecular flexibility index (Phi) is 11.9. The summed E-state index contributed by atoms with van der Waals surface area (Å²) in [5.41, 5.74) is 9.26. The number of benzene rings is 4. The molecule has 7 nitrogen and oxygen atoms in total. The molecule has 54 heavy (non-hydrogen) atoms. The fourth-order valence-electron chi connectivity index (χ4n) is 8.76. The highest BCUT2D eigenvalue weighted by Crippen LogP contribution is 2.51. The van der Waals surface area contributed by atoms with Gasteiger partial charge in [0.15, 0.2) is 5.71 Å². The van der Waals surface area contributed by atoms with Crippen molar-refractivity contribution in [2.75, 3.05) is 23.7 Å². The van der Waals surface area contributed by atoms with Crippen LogP contribution in [0.2, 0.25) is 0 Å². The number of anilines is 1. The maximum absolute atomic E-state index is 11.6. The Hall–Kier alpha value is -4.53. The van der Waals surface area contributed by atoms with E-state index in [9.17, 15) is 22.9 Å². The topological polar surface area (TPSA) is 97.9 Å². The fourth-order valence-corrected chi connectivity index (χ4v) is 9.33. The third kappa shape index (κ3) is 8.55. The van der Waals surface area contributed by atoms with E-state index in [1.54, 1.807) is 0 Å². The van der Waals surface area contributed by atoms with Crippen LogP contribution < -0.4 is 4.90 Å². The van der Waals surface area contributed by atoms with E-state index in [-0.39, 0.29) is 23.0 Å². The van der Waals surface area contributed by atoms with E-state index in [1.165, 1.54) is 55.8 Å². The second kappa shape index (κ2) is 16.5. The highest BCUT2D eigenvalue weighted by atomic mass is 32.2. The van der Waals surface area contributed by atoms with Gasteiger partial charge in [0.25, 0.3) is 10.1 Å². The minimum Gasteiger partial charge on any atom is -0.481 e. The Morgan fingerprint density at radius 1 is 0.870 bits per heavy atom. The molecular formula is C46H55N2O5S+. The van der Waals surface area contributed by atoms with Gasteiger partial charge in [0.2, 0.25) is 5.69 Å². The maximum atomic E-state index is 11.6. The van der Waals surface area contributed by atoms with Crippen LogP contribution >= 0.6 is 0 Å². The zero-order valence-corrected chi connectivity index (χ0v) is 33.0. The van der Waals surface area contributed by atoms with Crippen molar-refractivity contribution >= 4 is 43.9 Å². The number of aliphatic carboxylic acids is 1. The van der Waals surface area contributed by atoms with Crippen molar-refractivity contribution in [2.45, 2.75) is 96.3 Å². The van der Waals surface area contributed by atoms with Crippen LogP contribution in [0.25, 0.3) is 10.8 Å². The molecule has 0 spiro atoms. The zero-order chi connectivity index (χ0) is 38.5. The van der Waals surface area contributed by atoms with Gasteiger partial charge < -0.3 is 10.0 Å². The number of allylic oxidation sites excluding steroid dienone is 4. The number of nitrogens with zero attached hydrogens (tertiary/aromatic N) is 2. The van der Waals surface area contributed by atoms with Crippen molar-refractivity contribution in [1.82, 2.24) is 0 Å². The van der Waals surface area contributed by atoms with Crippen LogP contribution in [-0.2, 0) is 32.2 Å². The first-order chi connectivity index (χ1) is 25.8. The van der Waals surface area contributed by atoms with E-state index in [0.717, 1.165) is 45.2 Å². The Balaban J connectivity index is 1.38. The summed E-state index contributed by atoms with van der Waals surface area (Å²) in [7, 11) is -4.03. The molecule has 0 bridgehead atoms. The van der Waals surface area contributed by atoms with Crippen molar-refractivity contribution in [3.8, 4) is 0 Å². The summed E-state index contributed by atoms with van der Waals surface area (Å²) in [4.78, 5) is 13.7. The average Bonchev–Trinajstić information content (AvgIpc) is 3.49. The summed E-state index contributed by atoms with van der Waals surface area (Å²) in [6, 6.07) is 30.3. The summed E-state index contributed by atoms with van der Waals surface area (Å²) < 4.78 is 35.1. The molecule has 0 aromatic heterocycles. The van der Waals surface area contributed by atoms with Gasteiger partial charge in [-0.05, 0) is 106 Å². The number of carbonyl (C=O) groups is 1. The molecule has 0 radical (unpaired) electrons. The van der Waals surface area contributed by atoms with Crippen molar-refractivity contribution < 1.29 is 27.4 Å². The van der Waals surface area contributed by atoms with E-state index in [2.05, 4.69) is 134 Å². The van der Waals surface area contributed by atoms with Crippen LogP contribution in [0, 0.1) is 6.92 Å². The van der Waals surface area contributed by atoms with E-state index >= 15 is 0 Å². The van der Waals surface area contributed by atoms with E-state index in [0.29, 0.717) is 19.3 Å². The van der Waals surface area contributed by atoms with E-state index in [1.807, 2.05) is 6.07 Å². The Labute approximate surface area is 321 Å². The van der Waals surface area contributed by atoms with Crippen LogP contribution in [0.1, 0.15) is 94.4 Å². The molecule has 0 amide bonds. The minimum atomic E-state index is -4.03. The molecule has 284 valence electrons. The molecule has 1 atom stereocenters. The number of unbranched alkanes of at least 4 members (excludes halogenated alkanes) is 3. The number of hydrogen-bond acceptors (Lipinski definition) is 4. The minimum absolute atomic E-state index is 0.189. The molecule has 2 aliphatic heterocycles. The van der Waals surface area contributed by atoms with Crippen LogP contribution in [0.4, 0.5) is 11.4 Å². The first-order valence-electron chi connectivity index (χ1n) is 19.5. The second-order valence-corrected chi connectivity index (χ2v) is 17.4. The van der Waals surface area contributed by atoms with Crippen molar-refractivity contribution in [2.24, 2.45) is 0 Å². The molecule has 2 aliphatic rings. The molecule has 2 N–H and O–H groups in total. The van der Waals surface area contributed by atoms with Crippen LogP contribution in [0.15, 0.2) is 109 Å². The molecule has 6 rings (SSSR count). The number of aryl methyl sites for hydroxylation is 2. The first kappa shape index (κ1) is 39.2. The van der Waals surface area contributed by atoms with E-state index in [4.69, 9.17) is 0 Å². The average molecular weight is 748 g/mol. The van der Waals surface area contributed by atoms with Crippen molar-refractivity contribution in [1.29, 1.82) is 0 Å². The molecule has 0 saturated carbocycles. The molecule has 0 saturated heterocycles. The highest BCUT2D eigenvalue weighted by Gasteiger charge is 2.46. The summed E-state index contributed by atoms with van der Waals surface area (Å²) in [6.07, 6.45) is 13.1. The molecule has 8 heteroatoms. The fraction of sp³-hybridized carbons (Fsp3) is 0.391. The lowest BCUT2D eigenvalue weighted by Crippen LogP contribution is -2.30. The number of hydrogen-bond donors (Lipinski definition) is 2. The maximum Gasteiger partial charge on any atom is 0.303 e. The van der Waals surface area contributed by atoms with Crippen LogP contribution in [-0.4, -0.2) is 53.2 Å². The normalized spacial score (nSPS) is 18.6. The molecule has 4 aromatic rings. The molecule has 4 aromatic carbocycles. The lowest BCUT2D eigenvalue weighted by atomic mass is 9.77. The zero-order valence-electron chi connectivity index (χ0n) is 32.2. The van der Waals surface area contributed by atoms with Crippen LogP contribution in [0.3, 0.4) is 0 Å². The molecule has 1 unspecified atom stereocenters. The first-order valence-corrected chi connectivity index (χ1v) is 21.1. The number of fused-ring (bicyclic) bond motifs is 4. The van der Waals surface area contributed by atoms with Gasteiger partial charge in [0, 0.05) is 53.9 Å². The van der Waals surface area contributed by atoms with Gasteiger partial charge in [-0.2, -0.15) is 13.0 Å². The van der Waals surface area contributed by atoms with Crippen molar-refractivity contribution in [3.05, 3.63) is 131 Å². The summed E-state index contributed by atoms with van der Waals surface area (Å²) in [6.45, 7) is 10.7. The third-order valence-corrected chi connectivity index (χ3v) is 12.3. The molecular weight excluding hydrogens is 693 g/mol. The molecule has 0 fully saturated rings. The number of para-hydroxylation sites is 1. The summed E-state index contributed by atoms with van der Waals surface area (Å²) in [5, 5.41) is 11.7. The third-order valence-electron chi connectivity index (χ3n) is 11.4. The Bertz CT molecular complexity index is 2200. The number of carboxylic acids is 1. The Morgan fingerprint density at radius 2 is 1.61 bits per heavy atom. The van der Waals surface area contributed by atoms with Gasteiger partial charge in [0.05, 0.1) is 11.2 Å². The lowest BCUT2D eigenvalue weighted by molar-refractivity contribution is -0.438. The monoisotopic (exact) mass is 747 g/mol. The van der Waals surface area contributed by atoms with Gasteiger partial charge in [0.1, 0.15) is 6.54 Å². The van der Waals surface area contributed by atoms with Crippen LogP contribution in [0.5, 0.6) is 0 Å². The largest absolute Gasteiger partial charge is 0.481 e. The summed E-state index contributed by atoms with van der Waals surface area (Å²) in [5.74, 6) is -0.986. The standard InChI is InChI=1S/C46H54N2O5S/c1-34-25-26-36-27-28-40-44(37(36)33-34)45(2,3)41(48(40)30-13-6-9-24-43(49)50)22-15-23-42-46(4,29-12-14-32-54(51,52)53)38-20-10-11-21-39(38)47(42)31-16-19-35-17-7-5-8-18-35/h5,7-8,10-11,15,17-18,20-23,25-28,33H,6,9,12-14,16,19,24,29-32H2,1-4H3,(H-,49,50,51,52,53)/p+1. The predicted molar refractivity (Wildman–Crippen MR) is 221 cm³/mol.